The van der Waals surface area contributed by atoms with E-state index in [1.54, 1.807) is 0 Å². The maximum absolute atomic E-state index is 8.62. The van der Waals surface area contributed by atoms with E-state index in [9.17, 15) is 0 Å². The molecule has 1 aromatic rings. The minimum Gasteiger partial charge on any atom is -0.492 e. The molecule has 1 heterocycles. The maximum atomic E-state index is 8.62. The minimum atomic E-state index is 0.465. The van der Waals surface area contributed by atoms with E-state index in [2.05, 4.69) is 17.9 Å². The molecule has 0 amide bonds. The van der Waals surface area contributed by atoms with E-state index in [1.165, 1.54) is 32.4 Å². The zero-order valence-electron chi connectivity index (χ0n) is 12.3. The fraction of sp³-hybridized carbons (Fsp3) is 0.588. The quantitative estimate of drug-likeness (QED) is 0.797. The molecule has 0 atom stereocenters. The lowest BCUT2D eigenvalue weighted by Crippen LogP contribution is -2.36. The van der Waals surface area contributed by atoms with Crippen molar-refractivity contribution >= 4 is 0 Å². The Bertz CT molecular complexity index is 427. The Kier molecular flexibility index (Phi) is 5.88. The van der Waals surface area contributed by atoms with Gasteiger partial charge in [-0.15, -0.1) is 0 Å². The Balaban J connectivity index is 1.67. The Morgan fingerprint density at radius 1 is 1.25 bits per heavy atom. The van der Waals surface area contributed by atoms with Gasteiger partial charge in [0, 0.05) is 6.54 Å². The zero-order chi connectivity index (χ0) is 14.2. The highest BCUT2D eigenvalue weighted by atomic mass is 16.5. The van der Waals surface area contributed by atoms with Gasteiger partial charge in [0.15, 0.2) is 0 Å². The highest BCUT2D eigenvalue weighted by Gasteiger charge is 2.17. The van der Waals surface area contributed by atoms with E-state index < -0.39 is 0 Å². The molecule has 1 aliphatic rings. The van der Waals surface area contributed by atoms with Crippen LogP contribution in [0.5, 0.6) is 5.75 Å². The van der Waals surface area contributed by atoms with Crippen LogP contribution in [0.3, 0.4) is 0 Å². The molecule has 0 N–H and O–H groups in total. The predicted molar refractivity (Wildman–Crippen MR) is 80.7 cm³/mol. The first-order valence-electron chi connectivity index (χ1n) is 7.63. The largest absolute Gasteiger partial charge is 0.492 e. The minimum absolute atomic E-state index is 0.465. The van der Waals surface area contributed by atoms with Crippen LogP contribution in [0.25, 0.3) is 0 Å². The second-order valence-corrected chi connectivity index (χ2v) is 5.52. The van der Waals surface area contributed by atoms with Gasteiger partial charge in [-0.05, 0) is 49.5 Å². The molecule has 20 heavy (non-hydrogen) atoms. The molecule has 1 fully saturated rings. The standard InChI is InChI=1S/C17H24N2O/c1-2-15-8-11-19(12-9-15)13-14-20-17-5-3-16(4-6-17)7-10-18/h3-6,15H,2,7-9,11-14H2,1H3. The van der Waals surface area contributed by atoms with Crippen LogP contribution in [0, 0.1) is 17.2 Å². The van der Waals surface area contributed by atoms with Crippen LogP contribution in [0.1, 0.15) is 31.7 Å². The molecule has 0 bridgehead atoms. The first-order valence-corrected chi connectivity index (χ1v) is 7.63. The van der Waals surface area contributed by atoms with Crippen molar-refractivity contribution in [1.29, 1.82) is 5.26 Å². The van der Waals surface area contributed by atoms with Crippen LogP contribution < -0.4 is 4.74 Å². The van der Waals surface area contributed by atoms with Crippen molar-refractivity contribution in [2.45, 2.75) is 32.6 Å². The Morgan fingerprint density at radius 2 is 1.95 bits per heavy atom. The summed E-state index contributed by atoms with van der Waals surface area (Å²) in [6.45, 7) is 6.47. The van der Waals surface area contributed by atoms with Crippen LogP contribution in [-0.4, -0.2) is 31.1 Å². The average Bonchev–Trinajstić information content (AvgIpc) is 2.50. The van der Waals surface area contributed by atoms with Gasteiger partial charge in [-0.25, -0.2) is 0 Å². The first-order chi connectivity index (χ1) is 9.81. The number of benzene rings is 1. The van der Waals surface area contributed by atoms with Crippen molar-refractivity contribution in [2.75, 3.05) is 26.2 Å². The number of nitriles is 1. The number of piperidine rings is 1. The van der Waals surface area contributed by atoms with Crippen LogP contribution in [0.15, 0.2) is 24.3 Å². The van der Waals surface area contributed by atoms with Gasteiger partial charge >= 0.3 is 0 Å². The second kappa shape index (κ2) is 7.91. The van der Waals surface area contributed by atoms with E-state index in [1.807, 2.05) is 24.3 Å². The molecule has 0 radical (unpaired) electrons. The van der Waals surface area contributed by atoms with Crippen LogP contribution >= 0.6 is 0 Å². The lowest BCUT2D eigenvalue weighted by atomic mass is 9.94. The van der Waals surface area contributed by atoms with E-state index in [4.69, 9.17) is 10.00 Å². The zero-order valence-corrected chi connectivity index (χ0v) is 12.3. The number of hydrogen-bond donors (Lipinski definition) is 0. The third-order valence-corrected chi connectivity index (χ3v) is 4.17. The molecule has 0 aliphatic carbocycles. The summed E-state index contributed by atoms with van der Waals surface area (Å²) in [5, 5.41) is 8.62. The SMILES string of the molecule is CCC1CCN(CCOc2ccc(CC#N)cc2)CC1. The molecule has 3 nitrogen and oxygen atoms in total. The van der Waals surface area contributed by atoms with Gasteiger partial charge in [0.2, 0.25) is 0 Å². The lowest BCUT2D eigenvalue weighted by molar-refractivity contribution is 0.153. The predicted octanol–water partition coefficient (Wildman–Crippen LogP) is 3.25. The Hall–Kier alpha value is -1.53. The highest BCUT2D eigenvalue weighted by Crippen LogP contribution is 2.19. The fourth-order valence-electron chi connectivity index (χ4n) is 2.71. The van der Waals surface area contributed by atoms with E-state index in [0.717, 1.165) is 30.4 Å². The molecule has 0 saturated carbocycles. The number of hydrogen-bond acceptors (Lipinski definition) is 3. The third kappa shape index (κ3) is 4.54. The molecular weight excluding hydrogens is 248 g/mol. The summed E-state index contributed by atoms with van der Waals surface area (Å²) in [5.74, 6) is 1.83. The first kappa shape index (κ1) is 14.9. The van der Waals surface area contributed by atoms with Crippen LogP contribution in [-0.2, 0) is 6.42 Å². The Morgan fingerprint density at radius 3 is 2.55 bits per heavy atom. The van der Waals surface area contributed by atoms with Gasteiger partial charge < -0.3 is 4.74 Å². The monoisotopic (exact) mass is 272 g/mol. The summed E-state index contributed by atoms with van der Waals surface area (Å²) in [7, 11) is 0. The smallest absolute Gasteiger partial charge is 0.119 e. The van der Waals surface area contributed by atoms with E-state index >= 15 is 0 Å². The number of likely N-dealkylation sites (tertiary alicyclic amines) is 1. The molecule has 1 aromatic carbocycles. The third-order valence-electron chi connectivity index (χ3n) is 4.17. The molecule has 0 aromatic heterocycles. The number of ether oxygens (including phenoxy) is 1. The van der Waals surface area contributed by atoms with E-state index in [0.29, 0.717) is 6.42 Å². The average molecular weight is 272 g/mol. The van der Waals surface area contributed by atoms with Gasteiger partial charge in [0.1, 0.15) is 12.4 Å². The molecule has 0 unspecified atom stereocenters. The number of nitrogens with zero attached hydrogens (tertiary/aromatic N) is 2. The normalized spacial score (nSPS) is 16.8. The molecule has 2 rings (SSSR count). The van der Waals surface area contributed by atoms with Gasteiger partial charge in [-0.1, -0.05) is 25.5 Å². The van der Waals surface area contributed by atoms with Crippen LogP contribution in [0.2, 0.25) is 0 Å². The molecule has 108 valence electrons. The van der Waals surface area contributed by atoms with Gasteiger partial charge in [-0.3, -0.25) is 4.90 Å². The maximum Gasteiger partial charge on any atom is 0.119 e. The lowest BCUT2D eigenvalue weighted by Gasteiger charge is -2.31. The summed E-state index contributed by atoms with van der Waals surface area (Å²) in [6, 6.07) is 9.99. The van der Waals surface area contributed by atoms with Crippen molar-refractivity contribution in [1.82, 2.24) is 4.90 Å². The molecule has 0 spiro atoms. The summed E-state index contributed by atoms with van der Waals surface area (Å²) in [5.41, 5.74) is 1.04. The molecular formula is C17H24N2O. The molecule has 1 aliphatic heterocycles. The van der Waals surface area contributed by atoms with Crippen LogP contribution in [0.4, 0.5) is 0 Å². The van der Waals surface area contributed by atoms with Crippen molar-refractivity contribution in [3.63, 3.8) is 0 Å². The van der Waals surface area contributed by atoms with Crippen molar-refractivity contribution in [3.8, 4) is 11.8 Å². The van der Waals surface area contributed by atoms with Crippen molar-refractivity contribution in [3.05, 3.63) is 29.8 Å². The van der Waals surface area contributed by atoms with Crippen molar-refractivity contribution < 1.29 is 4.74 Å². The number of rotatable bonds is 6. The summed E-state index contributed by atoms with van der Waals surface area (Å²) < 4.78 is 5.77. The van der Waals surface area contributed by atoms with Gasteiger partial charge in [0.05, 0.1) is 12.5 Å². The second-order valence-electron chi connectivity index (χ2n) is 5.52. The van der Waals surface area contributed by atoms with E-state index in [-0.39, 0.29) is 0 Å². The van der Waals surface area contributed by atoms with Gasteiger partial charge in [-0.2, -0.15) is 5.26 Å². The summed E-state index contributed by atoms with van der Waals surface area (Å²) in [4.78, 5) is 2.50. The topological polar surface area (TPSA) is 36.3 Å². The van der Waals surface area contributed by atoms with Crippen molar-refractivity contribution in [2.24, 2.45) is 5.92 Å². The molecule has 3 heteroatoms. The van der Waals surface area contributed by atoms with Gasteiger partial charge in [0.25, 0.3) is 0 Å². The summed E-state index contributed by atoms with van der Waals surface area (Å²) >= 11 is 0. The molecule has 1 saturated heterocycles. The Labute approximate surface area is 122 Å². The summed E-state index contributed by atoms with van der Waals surface area (Å²) in [6.07, 6.45) is 4.45. The fourth-order valence-corrected chi connectivity index (χ4v) is 2.71. The highest BCUT2D eigenvalue weighted by molar-refractivity contribution is 5.28.